The third-order valence-electron chi connectivity index (χ3n) is 6.10. The average molecular weight is 464 g/mol. The maximum absolute atomic E-state index is 13.0. The molecule has 1 aromatic carbocycles. The minimum Gasteiger partial charge on any atom is -0.378 e. The Labute approximate surface area is 179 Å². The molecule has 0 aliphatic carbocycles. The molecule has 0 spiro atoms. The van der Waals surface area contributed by atoms with Gasteiger partial charge in [-0.1, -0.05) is 12.1 Å². The highest BCUT2D eigenvalue weighted by atomic mass is 79.9. The second-order valence-corrected chi connectivity index (χ2v) is 8.75. The number of hydrogen-bond acceptors (Lipinski definition) is 4. The summed E-state index contributed by atoms with van der Waals surface area (Å²) in [6.07, 6.45) is 1.62. The first-order valence-corrected chi connectivity index (χ1v) is 11.0. The number of hydrogen-bond donors (Lipinski definition) is 0. The molecule has 3 aliphatic rings. The summed E-state index contributed by atoms with van der Waals surface area (Å²) in [6, 6.07) is 7.57. The van der Waals surface area contributed by atoms with Crippen LogP contribution in [-0.4, -0.2) is 73.5 Å². The van der Waals surface area contributed by atoms with Gasteiger partial charge in [-0.15, -0.1) is 0 Å². The van der Waals surface area contributed by atoms with E-state index in [4.69, 9.17) is 4.74 Å². The van der Waals surface area contributed by atoms with Crippen LogP contribution in [0.25, 0.3) is 0 Å². The molecule has 0 radical (unpaired) electrons. The van der Waals surface area contributed by atoms with Gasteiger partial charge in [0.1, 0.15) is 0 Å². The van der Waals surface area contributed by atoms with Gasteiger partial charge in [0.15, 0.2) is 0 Å². The fourth-order valence-corrected chi connectivity index (χ4v) is 4.92. The van der Waals surface area contributed by atoms with Crippen molar-refractivity contribution in [1.29, 1.82) is 0 Å². The Hall–Kier alpha value is -1.93. The molecule has 0 aromatic heterocycles. The van der Waals surface area contributed by atoms with Gasteiger partial charge in [-0.25, -0.2) is 0 Å². The number of morpholine rings is 1. The molecule has 3 amide bonds. The van der Waals surface area contributed by atoms with E-state index in [1.54, 1.807) is 4.90 Å². The maximum atomic E-state index is 13.0. The predicted molar refractivity (Wildman–Crippen MR) is 111 cm³/mol. The number of anilines is 1. The molecule has 0 saturated carbocycles. The van der Waals surface area contributed by atoms with E-state index in [1.807, 2.05) is 34.1 Å². The zero-order valence-electron chi connectivity index (χ0n) is 16.4. The third-order valence-corrected chi connectivity index (χ3v) is 6.77. The van der Waals surface area contributed by atoms with Crippen molar-refractivity contribution in [1.82, 2.24) is 9.80 Å². The number of amides is 3. The van der Waals surface area contributed by atoms with Crippen LogP contribution in [0.1, 0.15) is 19.3 Å². The van der Waals surface area contributed by atoms with Crippen LogP contribution in [0.2, 0.25) is 0 Å². The quantitative estimate of drug-likeness (QED) is 0.686. The second kappa shape index (κ2) is 8.83. The van der Waals surface area contributed by atoms with E-state index in [0.29, 0.717) is 58.8 Å². The Balaban J connectivity index is 1.32. The van der Waals surface area contributed by atoms with Crippen molar-refractivity contribution in [3.8, 4) is 0 Å². The van der Waals surface area contributed by atoms with Crippen molar-refractivity contribution in [3.05, 3.63) is 28.7 Å². The van der Waals surface area contributed by atoms with Crippen LogP contribution in [-0.2, 0) is 19.1 Å². The lowest BCUT2D eigenvalue weighted by atomic mass is 9.94. The first-order chi connectivity index (χ1) is 14.0. The first kappa shape index (κ1) is 20.3. The number of nitrogens with zero attached hydrogens (tertiary/aromatic N) is 3. The molecule has 0 N–H and O–H groups in total. The third kappa shape index (κ3) is 4.33. The van der Waals surface area contributed by atoms with Gasteiger partial charge >= 0.3 is 0 Å². The Bertz CT molecular complexity index is 788. The summed E-state index contributed by atoms with van der Waals surface area (Å²) in [5, 5.41) is 0. The van der Waals surface area contributed by atoms with Crippen LogP contribution in [0, 0.1) is 11.8 Å². The molecule has 3 saturated heterocycles. The number of carbonyl (C=O) groups excluding carboxylic acids is 3. The monoisotopic (exact) mass is 463 g/mol. The topological polar surface area (TPSA) is 70.2 Å². The van der Waals surface area contributed by atoms with Crippen molar-refractivity contribution in [2.75, 3.05) is 50.8 Å². The summed E-state index contributed by atoms with van der Waals surface area (Å²) in [7, 11) is 0. The van der Waals surface area contributed by atoms with E-state index in [0.717, 1.165) is 10.2 Å². The average Bonchev–Trinajstić information content (AvgIpc) is 3.15. The standard InChI is InChI=1S/C21H26BrN3O4/c22-17-3-1-2-4-18(17)25-14-16(13-19(25)26)21(28)23-7-5-15(6-8-23)20(27)24-9-11-29-12-10-24/h1-4,15-16H,5-14H2. The number of likely N-dealkylation sites (tertiary alicyclic amines) is 1. The van der Waals surface area contributed by atoms with Crippen molar-refractivity contribution in [2.24, 2.45) is 11.8 Å². The van der Waals surface area contributed by atoms with E-state index in [-0.39, 0.29) is 36.0 Å². The SMILES string of the molecule is O=C(C1CCN(C(=O)C2CC(=O)N(c3ccccc3Br)C2)CC1)N1CCOCC1. The molecule has 7 nitrogen and oxygen atoms in total. The van der Waals surface area contributed by atoms with Gasteiger partial charge in [0.2, 0.25) is 17.7 Å². The van der Waals surface area contributed by atoms with E-state index in [2.05, 4.69) is 15.9 Å². The summed E-state index contributed by atoms with van der Waals surface area (Å²) in [6.45, 7) is 4.10. The smallest absolute Gasteiger partial charge is 0.228 e. The highest BCUT2D eigenvalue weighted by Crippen LogP contribution is 2.32. The van der Waals surface area contributed by atoms with Crippen molar-refractivity contribution in [2.45, 2.75) is 19.3 Å². The van der Waals surface area contributed by atoms with Gasteiger partial charge in [0.05, 0.1) is 24.8 Å². The fraction of sp³-hybridized carbons (Fsp3) is 0.571. The highest BCUT2D eigenvalue weighted by Gasteiger charge is 2.39. The Morgan fingerprint density at radius 3 is 2.24 bits per heavy atom. The number of ether oxygens (including phenoxy) is 1. The van der Waals surface area contributed by atoms with Crippen molar-refractivity contribution in [3.63, 3.8) is 0 Å². The minimum absolute atomic E-state index is 0.0147. The van der Waals surface area contributed by atoms with Crippen LogP contribution in [0.15, 0.2) is 28.7 Å². The van der Waals surface area contributed by atoms with Gasteiger partial charge in [-0.3, -0.25) is 14.4 Å². The molecule has 3 fully saturated rings. The fourth-order valence-electron chi connectivity index (χ4n) is 4.42. The van der Waals surface area contributed by atoms with Gasteiger partial charge in [0.25, 0.3) is 0 Å². The predicted octanol–water partition coefficient (Wildman–Crippen LogP) is 1.90. The number of para-hydroxylation sites is 1. The molecule has 3 aliphatic heterocycles. The molecular formula is C21H26BrN3O4. The van der Waals surface area contributed by atoms with Crippen LogP contribution in [0.4, 0.5) is 5.69 Å². The number of rotatable bonds is 3. The molecule has 3 heterocycles. The number of piperidine rings is 1. The highest BCUT2D eigenvalue weighted by molar-refractivity contribution is 9.10. The largest absolute Gasteiger partial charge is 0.378 e. The summed E-state index contributed by atoms with van der Waals surface area (Å²) in [5.74, 6) is -0.130. The van der Waals surface area contributed by atoms with Crippen LogP contribution < -0.4 is 4.90 Å². The lowest BCUT2D eigenvalue weighted by molar-refractivity contribution is -0.144. The molecule has 1 atom stereocenters. The molecule has 29 heavy (non-hydrogen) atoms. The van der Waals surface area contributed by atoms with Crippen LogP contribution in [0.5, 0.6) is 0 Å². The molecule has 4 rings (SSSR count). The Morgan fingerprint density at radius 1 is 0.931 bits per heavy atom. The van der Waals surface area contributed by atoms with Crippen molar-refractivity contribution < 1.29 is 19.1 Å². The van der Waals surface area contributed by atoms with Crippen LogP contribution >= 0.6 is 15.9 Å². The maximum Gasteiger partial charge on any atom is 0.228 e. The lowest BCUT2D eigenvalue weighted by Gasteiger charge is -2.36. The van der Waals surface area contributed by atoms with E-state index in [1.165, 1.54) is 0 Å². The van der Waals surface area contributed by atoms with E-state index in [9.17, 15) is 14.4 Å². The van der Waals surface area contributed by atoms with Crippen LogP contribution in [0.3, 0.4) is 0 Å². The lowest BCUT2D eigenvalue weighted by Crippen LogP contribution is -2.48. The Morgan fingerprint density at radius 2 is 1.55 bits per heavy atom. The van der Waals surface area contributed by atoms with Crippen molar-refractivity contribution >= 4 is 39.3 Å². The van der Waals surface area contributed by atoms with Gasteiger partial charge in [0, 0.05) is 49.5 Å². The van der Waals surface area contributed by atoms with E-state index >= 15 is 0 Å². The number of halogens is 1. The normalized spacial score (nSPS) is 23.6. The summed E-state index contributed by atoms with van der Waals surface area (Å²) < 4.78 is 6.17. The van der Waals surface area contributed by atoms with E-state index < -0.39 is 0 Å². The van der Waals surface area contributed by atoms with Gasteiger partial charge in [-0.05, 0) is 40.9 Å². The first-order valence-electron chi connectivity index (χ1n) is 10.2. The number of carbonyl (C=O) groups is 3. The summed E-state index contributed by atoms with van der Waals surface area (Å²) >= 11 is 3.49. The molecule has 8 heteroatoms. The number of benzene rings is 1. The second-order valence-electron chi connectivity index (χ2n) is 7.89. The summed E-state index contributed by atoms with van der Waals surface area (Å²) in [4.78, 5) is 43.6. The molecular weight excluding hydrogens is 438 g/mol. The zero-order valence-corrected chi connectivity index (χ0v) is 18.0. The molecule has 1 aromatic rings. The zero-order chi connectivity index (χ0) is 20.4. The van der Waals surface area contributed by atoms with Gasteiger partial charge in [-0.2, -0.15) is 0 Å². The minimum atomic E-state index is -0.318. The van der Waals surface area contributed by atoms with Gasteiger partial charge < -0.3 is 19.4 Å². The molecule has 1 unspecified atom stereocenters. The summed E-state index contributed by atoms with van der Waals surface area (Å²) in [5.41, 5.74) is 0.808. The molecule has 0 bridgehead atoms. The molecule has 156 valence electrons. The Kier molecular flexibility index (Phi) is 6.20.